The maximum Gasteiger partial charge on any atom is 0.211 e. The molecule has 0 aromatic heterocycles. The molecule has 8 heteroatoms. The van der Waals surface area contributed by atoms with E-state index in [0.29, 0.717) is 31.0 Å². The highest BCUT2D eigenvalue weighted by Gasteiger charge is 2.52. The smallest absolute Gasteiger partial charge is 0.211 e. The molecule has 3 aliphatic heterocycles. The van der Waals surface area contributed by atoms with Crippen LogP contribution in [-0.4, -0.2) is 48.5 Å². The number of rotatable bonds is 2. The van der Waals surface area contributed by atoms with Crippen LogP contribution in [0.5, 0.6) is 5.75 Å². The Labute approximate surface area is 182 Å². The van der Waals surface area contributed by atoms with E-state index in [-0.39, 0.29) is 6.04 Å². The second-order valence-corrected chi connectivity index (χ2v) is 10.7. The third-order valence-electron chi connectivity index (χ3n) is 6.37. The third kappa shape index (κ3) is 3.20. The molecule has 1 atom stereocenters. The van der Waals surface area contributed by atoms with E-state index in [1.54, 1.807) is 0 Å². The van der Waals surface area contributed by atoms with Gasteiger partial charge in [0.15, 0.2) is 0 Å². The minimum atomic E-state index is -3.22. The lowest BCUT2D eigenvalue weighted by Crippen LogP contribution is -2.59. The normalized spacial score (nSPS) is 23.0. The molecule has 0 aliphatic carbocycles. The molecule has 1 spiro atoms. The number of aryl methyl sites for hydroxylation is 1. The molecule has 0 amide bonds. The number of hydrogen-bond acceptors (Lipinski definition) is 5. The first kappa shape index (κ1) is 19.8. The van der Waals surface area contributed by atoms with Crippen molar-refractivity contribution < 1.29 is 13.2 Å². The van der Waals surface area contributed by atoms with Gasteiger partial charge in [0.25, 0.3) is 0 Å². The maximum atomic E-state index is 12.0. The zero-order chi connectivity index (χ0) is 21.1. The first-order valence-corrected chi connectivity index (χ1v) is 12.4. The monoisotopic (exact) mass is 445 g/mol. The molecule has 5 rings (SSSR count). The van der Waals surface area contributed by atoms with Gasteiger partial charge in [0, 0.05) is 42.9 Å². The highest BCUT2D eigenvalue weighted by molar-refractivity contribution is 7.88. The molecule has 2 aromatic rings. The number of nitrogens with zero attached hydrogens (tertiary/aromatic N) is 3. The van der Waals surface area contributed by atoms with Crippen LogP contribution in [0.3, 0.4) is 0 Å². The Hall–Kier alpha value is -2.09. The minimum absolute atomic E-state index is 0.0733. The molecule has 3 heterocycles. The van der Waals surface area contributed by atoms with Gasteiger partial charge in [0.2, 0.25) is 15.7 Å². The van der Waals surface area contributed by atoms with Gasteiger partial charge in [-0.05, 0) is 30.2 Å². The predicted molar refractivity (Wildman–Crippen MR) is 117 cm³/mol. The first-order chi connectivity index (χ1) is 14.3. The molecule has 2 aromatic carbocycles. The van der Waals surface area contributed by atoms with Gasteiger partial charge in [-0.15, -0.1) is 0 Å². The van der Waals surface area contributed by atoms with Crippen LogP contribution >= 0.6 is 11.6 Å². The summed E-state index contributed by atoms with van der Waals surface area (Å²) in [4.78, 5) is 0. The Morgan fingerprint density at radius 3 is 2.50 bits per heavy atom. The molecular formula is C22H24ClN3O3S. The van der Waals surface area contributed by atoms with Crippen molar-refractivity contribution >= 4 is 27.3 Å². The van der Waals surface area contributed by atoms with Gasteiger partial charge in [-0.25, -0.2) is 17.7 Å². The second kappa shape index (κ2) is 6.97. The number of sulfonamides is 1. The number of para-hydroxylation sites is 1. The zero-order valence-electron chi connectivity index (χ0n) is 17.0. The summed E-state index contributed by atoms with van der Waals surface area (Å²) >= 11 is 6.07. The van der Waals surface area contributed by atoms with E-state index in [9.17, 15) is 8.42 Å². The van der Waals surface area contributed by atoms with E-state index in [1.807, 2.05) is 24.3 Å². The molecule has 1 fully saturated rings. The van der Waals surface area contributed by atoms with Crippen molar-refractivity contribution in [2.45, 2.75) is 38.0 Å². The lowest BCUT2D eigenvalue weighted by molar-refractivity contribution is -0.143. The zero-order valence-corrected chi connectivity index (χ0v) is 18.6. The Bertz CT molecular complexity index is 1120. The summed E-state index contributed by atoms with van der Waals surface area (Å²) in [5, 5.41) is 7.81. The van der Waals surface area contributed by atoms with Gasteiger partial charge in [0.05, 0.1) is 18.0 Å². The average molecular weight is 446 g/mol. The quantitative estimate of drug-likeness (QED) is 0.702. The Balaban J connectivity index is 1.56. The number of halogens is 1. The molecule has 1 unspecified atom stereocenters. The third-order valence-corrected chi connectivity index (χ3v) is 7.93. The molecule has 158 valence electrons. The number of fused-ring (bicyclic) bond motifs is 4. The van der Waals surface area contributed by atoms with Crippen molar-refractivity contribution in [3.63, 3.8) is 0 Å². The van der Waals surface area contributed by atoms with Crippen molar-refractivity contribution in [2.24, 2.45) is 5.10 Å². The summed E-state index contributed by atoms with van der Waals surface area (Å²) in [6.07, 6.45) is 3.18. The Kier molecular flexibility index (Phi) is 4.61. The van der Waals surface area contributed by atoms with Crippen LogP contribution in [0, 0.1) is 6.92 Å². The summed E-state index contributed by atoms with van der Waals surface area (Å²) < 4.78 is 32.2. The fourth-order valence-electron chi connectivity index (χ4n) is 4.76. The average Bonchev–Trinajstić information content (AvgIpc) is 3.16. The number of hydrazone groups is 1. The number of piperidine rings is 1. The van der Waals surface area contributed by atoms with Crippen LogP contribution in [0.15, 0.2) is 47.6 Å². The molecule has 0 N–H and O–H groups in total. The van der Waals surface area contributed by atoms with Crippen LogP contribution in [0.2, 0.25) is 5.02 Å². The van der Waals surface area contributed by atoms with Crippen LogP contribution in [0.25, 0.3) is 0 Å². The molecular weight excluding hydrogens is 422 g/mol. The number of hydrogen-bond donors (Lipinski definition) is 0. The SMILES string of the molecule is Cc1cccc2c1OC1(CCN(S(C)(=O)=O)CC1)N1N=C(c3ccc(Cl)cc3)CC21. The molecule has 0 bridgehead atoms. The van der Waals surface area contributed by atoms with Crippen molar-refractivity contribution in [1.82, 2.24) is 9.31 Å². The Morgan fingerprint density at radius 2 is 1.83 bits per heavy atom. The van der Waals surface area contributed by atoms with Crippen LogP contribution in [0.4, 0.5) is 0 Å². The minimum Gasteiger partial charge on any atom is -0.466 e. The summed E-state index contributed by atoms with van der Waals surface area (Å²) in [5.41, 5.74) is 3.64. The van der Waals surface area contributed by atoms with Crippen molar-refractivity contribution in [3.05, 3.63) is 64.2 Å². The topological polar surface area (TPSA) is 62.2 Å². The van der Waals surface area contributed by atoms with Gasteiger partial charge in [0.1, 0.15) is 5.75 Å². The van der Waals surface area contributed by atoms with Gasteiger partial charge < -0.3 is 4.74 Å². The summed E-state index contributed by atoms with van der Waals surface area (Å²) in [6, 6.07) is 14.1. The Morgan fingerprint density at radius 1 is 1.13 bits per heavy atom. The van der Waals surface area contributed by atoms with Crippen LogP contribution < -0.4 is 4.74 Å². The lowest BCUT2D eigenvalue weighted by atomic mass is 9.90. The molecule has 30 heavy (non-hydrogen) atoms. The van der Waals surface area contributed by atoms with Gasteiger partial charge in [-0.2, -0.15) is 5.10 Å². The molecule has 1 saturated heterocycles. The summed E-state index contributed by atoms with van der Waals surface area (Å²) in [6.45, 7) is 2.91. The van der Waals surface area contributed by atoms with Crippen molar-refractivity contribution in [1.29, 1.82) is 0 Å². The van der Waals surface area contributed by atoms with Crippen LogP contribution in [0.1, 0.15) is 42.0 Å². The molecule has 0 saturated carbocycles. The van der Waals surface area contributed by atoms with Gasteiger partial charge in [-0.1, -0.05) is 41.9 Å². The number of ether oxygens (including phenoxy) is 1. The summed E-state index contributed by atoms with van der Waals surface area (Å²) in [5.74, 6) is 0.916. The standard InChI is InChI=1S/C22H24ClN3O3S/c1-15-4-3-5-18-20-14-19(16-6-8-17(23)9-7-16)24-26(20)22(29-21(15)18)10-12-25(13-11-22)30(2,27)28/h3-9,20H,10-14H2,1-2H3. The van der Waals surface area contributed by atoms with E-state index in [4.69, 9.17) is 21.4 Å². The van der Waals surface area contributed by atoms with Gasteiger partial charge >= 0.3 is 0 Å². The molecule has 6 nitrogen and oxygen atoms in total. The fourth-order valence-corrected chi connectivity index (χ4v) is 5.73. The maximum absolute atomic E-state index is 12.0. The van der Waals surface area contributed by atoms with Crippen molar-refractivity contribution in [2.75, 3.05) is 19.3 Å². The predicted octanol–water partition coefficient (Wildman–Crippen LogP) is 3.94. The molecule has 3 aliphatic rings. The van der Waals surface area contributed by atoms with E-state index >= 15 is 0 Å². The van der Waals surface area contributed by atoms with E-state index in [1.165, 1.54) is 10.6 Å². The summed E-state index contributed by atoms with van der Waals surface area (Å²) in [7, 11) is -3.22. The second-order valence-electron chi connectivity index (χ2n) is 8.32. The first-order valence-electron chi connectivity index (χ1n) is 10.1. The lowest BCUT2D eigenvalue weighted by Gasteiger charge is -2.51. The van der Waals surface area contributed by atoms with E-state index in [2.05, 4.69) is 30.1 Å². The fraction of sp³-hybridized carbons (Fsp3) is 0.409. The molecule has 0 radical (unpaired) electrons. The van der Waals surface area contributed by atoms with E-state index < -0.39 is 15.7 Å². The highest BCUT2D eigenvalue weighted by atomic mass is 35.5. The van der Waals surface area contributed by atoms with Crippen LogP contribution in [-0.2, 0) is 10.0 Å². The highest BCUT2D eigenvalue weighted by Crippen LogP contribution is 2.51. The van der Waals surface area contributed by atoms with Crippen molar-refractivity contribution in [3.8, 4) is 5.75 Å². The number of benzene rings is 2. The van der Waals surface area contributed by atoms with Gasteiger partial charge in [-0.3, -0.25) is 0 Å². The van der Waals surface area contributed by atoms with E-state index in [0.717, 1.165) is 34.6 Å². The largest absolute Gasteiger partial charge is 0.466 e.